The van der Waals surface area contributed by atoms with Crippen LogP contribution in [0.15, 0.2) is 36.5 Å². The van der Waals surface area contributed by atoms with Crippen LogP contribution in [0.4, 0.5) is 14.6 Å². The van der Waals surface area contributed by atoms with E-state index in [4.69, 9.17) is 0 Å². The summed E-state index contributed by atoms with van der Waals surface area (Å²) in [6.07, 6.45) is 1.57. The van der Waals surface area contributed by atoms with Gasteiger partial charge in [-0.25, -0.2) is 13.8 Å². The fourth-order valence-electron chi connectivity index (χ4n) is 1.77. The van der Waals surface area contributed by atoms with Gasteiger partial charge in [-0.1, -0.05) is 0 Å². The number of amides is 1. The number of H-pyrrole nitrogens is 1. The second kappa shape index (κ2) is 4.69. The summed E-state index contributed by atoms with van der Waals surface area (Å²) in [7, 11) is 0. The van der Waals surface area contributed by atoms with Crippen molar-refractivity contribution in [2.24, 2.45) is 0 Å². The average molecular weight is 274 g/mol. The second-order valence-electron chi connectivity index (χ2n) is 4.06. The first-order chi connectivity index (χ1) is 9.65. The molecule has 0 saturated heterocycles. The van der Waals surface area contributed by atoms with Crippen LogP contribution in [0.2, 0.25) is 0 Å². The lowest BCUT2D eigenvalue weighted by molar-refractivity contribution is 0.102. The molecule has 5 nitrogen and oxygen atoms in total. The number of fused-ring (bicyclic) bond motifs is 1. The molecule has 0 atom stereocenters. The van der Waals surface area contributed by atoms with Crippen LogP contribution >= 0.6 is 0 Å². The molecule has 3 rings (SSSR count). The number of nitrogens with zero attached hydrogens (tertiary/aromatic N) is 2. The molecule has 0 spiro atoms. The Bertz CT molecular complexity index is 800. The quantitative estimate of drug-likeness (QED) is 0.754. The highest BCUT2D eigenvalue weighted by molar-refractivity contribution is 6.07. The minimum Gasteiger partial charge on any atom is -0.306 e. The van der Waals surface area contributed by atoms with E-state index < -0.39 is 17.5 Å². The summed E-state index contributed by atoms with van der Waals surface area (Å²) in [5.41, 5.74) is 0.462. The molecule has 3 aromatic rings. The summed E-state index contributed by atoms with van der Waals surface area (Å²) < 4.78 is 25.9. The molecule has 2 N–H and O–H groups in total. The second-order valence-corrected chi connectivity index (χ2v) is 4.06. The Kier molecular flexibility index (Phi) is 2.86. The topological polar surface area (TPSA) is 70.7 Å². The Morgan fingerprint density at radius 1 is 1.20 bits per heavy atom. The van der Waals surface area contributed by atoms with Crippen LogP contribution in [-0.2, 0) is 0 Å². The third-order valence-corrected chi connectivity index (χ3v) is 2.75. The van der Waals surface area contributed by atoms with Crippen LogP contribution in [0, 0.1) is 11.6 Å². The molecule has 1 amide bonds. The molecular formula is C13H8F2N4O. The summed E-state index contributed by atoms with van der Waals surface area (Å²) in [4.78, 5) is 16.0. The van der Waals surface area contributed by atoms with E-state index in [-0.39, 0.29) is 5.56 Å². The number of nitrogens with one attached hydrogen (secondary N) is 2. The van der Waals surface area contributed by atoms with Gasteiger partial charge in [0.15, 0.2) is 17.3 Å². The first kappa shape index (κ1) is 12.2. The van der Waals surface area contributed by atoms with E-state index in [0.29, 0.717) is 16.9 Å². The van der Waals surface area contributed by atoms with Crippen molar-refractivity contribution in [3.05, 3.63) is 53.7 Å². The number of carbonyl (C=O) groups is 1. The smallest absolute Gasteiger partial charge is 0.256 e. The Morgan fingerprint density at radius 2 is 2.05 bits per heavy atom. The molecule has 0 aliphatic carbocycles. The zero-order valence-corrected chi connectivity index (χ0v) is 10.0. The fraction of sp³-hybridized carbons (Fsp3) is 0. The molecule has 2 aromatic heterocycles. The number of benzene rings is 1. The van der Waals surface area contributed by atoms with E-state index in [2.05, 4.69) is 20.5 Å². The van der Waals surface area contributed by atoms with Gasteiger partial charge in [-0.3, -0.25) is 9.89 Å². The van der Waals surface area contributed by atoms with Gasteiger partial charge in [0.05, 0.1) is 5.39 Å². The van der Waals surface area contributed by atoms with Crippen LogP contribution in [0.3, 0.4) is 0 Å². The molecule has 0 unspecified atom stereocenters. The molecule has 0 bridgehead atoms. The van der Waals surface area contributed by atoms with Crippen molar-refractivity contribution >= 4 is 22.8 Å². The number of aromatic amines is 1. The van der Waals surface area contributed by atoms with Gasteiger partial charge < -0.3 is 5.32 Å². The summed E-state index contributed by atoms with van der Waals surface area (Å²) in [6.45, 7) is 0. The number of rotatable bonds is 2. The molecule has 0 aliphatic heterocycles. The molecule has 100 valence electrons. The highest BCUT2D eigenvalue weighted by Crippen LogP contribution is 2.18. The molecule has 20 heavy (non-hydrogen) atoms. The highest BCUT2D eigenvalue weighted by Gasteiger charge is 2.13. The number of hydrogen-bond donors (Lipinski definition) is 2. The van der Waals surface area contributed by atoms with Crippen LogP contribution in [0.1, 0.15) is 10.4 Å². The SMILES string of the molecule is O=C(Nc1[nH]nc2ncccc12)c1ccc(F)c(F)c1. The third kappa shape index (κ3) is 2.09. The zero-order valence-electron chi connectivity index (χ0n) is 10.0. The first-order valence-electron chi connectivity index (χ1n) is 5.70. The van der Waals surface area contributed by atoms with Crippen LogP contribution in [0.25, 0.3) is 11.0 Å². The number of aromatic nitrogens is 3. The van der Waals surface area contributed by atoms with Gasteiger partial charge in [-0.2, -0.15) is 5.10 Å². The van der Waals surface area contributed by atoms with Gasteiger partial charge in [-0.15, -0.1) is 0 Å². The van der Waals surface area contributed by atoms with E-state index >= 15 is 0 Å². The molecule has 0 fully saturated rings. The predicted octanol–water partition coefficient (Wildman–Crippen LogP) is 2.49. The molecule has 1 aromatic carbocycles. The van der Waals surface area contributed by atoms with Gasteiger partial charge in [0.2, 0.25) is 0 Å². The normalized spacial score (nSPS) is 10.7. The van der Waals surface area contributed by atoms with E-state index in [9.17, 15) is 13.6 Å². The van der Waals surface area contributed by atoms with Gasteiger partial charge in [0.25, 0.3) is 5.91 Å². The maximum Gasteiger partial charge on any atom is 0.256 e. The molecule has 7 heteroatoms. The Labute approximate surface area is 111 Å². The summed E-state index contributed by atoms with van der Waals surface area (Å²) >= 11 is 0. The molecular weight excluding hydrogens is 266 g/mol. The Balaban J connectivity index is 1.90. The van der Waals surface area contributed by atoms with Crippen molar-refractivity contribution in [3.8, 4) is 0 Å². The first-order valence-corrected chi connectivity index (χ1v) is 5.70. The minimum atomic E-state index is -1.08. The highest BCUT2D eigenvalue weighted by atomic mass is 19.2. The number of hydrogen-bond acceptors (Lipinski definition) is 3. The summed E-state index contributed by atoms with van der Waals surface area (Å²) in [5, 5.41) is 9.71. The fourth-order valence-corrected chi connectivity index (χ4v) is 1.77. The van der Waals surface area contributed by atoms with E-state index in [1.165, 1.54) is 6.07 Å². The number of carbonyl (C=O) groups excluding carboxylic acids is 1. The van der Waals surface area contributed by atoms with Crippen molar-refractivity contribution in [2.75, 3.05) is 5.32 Å². The van der Waals surface area contributed by atoms with Gasteiger partial charge in [-0.05, 0) is 30.3 Å². The van der Waals surface area contributed by atoms with E-state index in [1.807, 2.05) is 0 Å². The Morgan fingerprint density at radius 3 is 2.85 bits per heavy atom. The summed E-state index contributed by atoms with van der Waals surface area (Å²) in [6, 6.07) is 6.36. The molecule has 0 aliphatic rings. The van der Waals surface area contributed by atoms with Crippen molar-refractivity contribution in [3.63, 3.8) is 0 Å². The molecule has 0 saturated carbocycles. The van der Waals surface area contributed by atoms with E-state index in [1.54, 1.807) is 18.3 Å². The lowest BCUT2D eigenvalue weighted by Crippen LogP contribution is -2.13. The Hall–Kier alpha value is -2.83. The number of halogens is 2. The number of anilines is 1. The van der Waals surface area contributed by atoms with Crippen LogP contribution in [0.5, 0.6) is 0 Å². The third-order valence-electron chi connectivity index (χ3n) is 2.75. The van der Waals surface area contributed by atoms with Crippen molar-refractivity contribution in [2.45, 2.75) is 0 Å². The number of pyridine rings is 1. The monoisotopic (exact) mass is 274 g/mol. The molecule has 0 radical (unpaired) electrons. The van der Waals surface area contributed by atoms with Crippen molar-refractivity contribution < 1.29 is 13.6 Å². The lowest BCUT2D eigenvalue weighted by atomic mass is 10.2. The molecule has 2 heterocycles. The largest absolute Gasteiger partial charge is 0.306 e. The predicted molar refractivity (Wildman–Crippen MR) is 68.2 cm³/mol. The maximum absolute atomic E-state index is 13.1. The average Bonchev–Trinajstić information content (AvgIpc) is 2.85. The van der Waals surface area contributed by atoms with Crippen molar-refractivity contribution in [1.29, 1.82) is 0 Å². The van der Waals surface area contributed by atoms with Gasteiger partial charge >= 0.3 is 0 Å². The van der Waals surface area contributed by atoms with E-state index in [0.717, 1.165) is 12.1 Å². The summed E-state index contributed by atoms with van der Waals surface area (Å²) in [5.74, 6) is -2.30. The standard InChI is InChI=1S/C13H8F2N4O/c14-9-4-3-7(6-10(9)15)13(20)17-12-8-2-1-5-16-11(8)18-19-12/h1-6H,(H2,16,17,18,19,20). The van der Waals surface area contributed by atoms with Gasteiger partial charge in [0.1, 0.15) is 5.82 Å². The van der Waals surface area contributed by atoms with Gasteiger partial charge in [0, 0.05) is 11.8 Å². The minimum absolute atomic E-state index is 0.00976. The van der Waals surface area contributed by atoms with Crippen molar-refractivity contribution in [1.82, 2.24) is 15.2 Å². The van der Waals surface area contributed by atoms with Crippen LogP contribution < -0.4 is 5.32 Å². The van der Waals surface area contributed by atoms with Crippen LogP contribution in [-0.4, -0.2) is 21.1 Å². The lowest BCUT2D eigenvalue weighted by Gasteiger charge is -2.03. The maximum atomic E-state index is 13.1. The zero-order chi connectivity index (χ0) is 14.1.